The first-order valence-corrected chi connectivity index (χ1v) is 16.7. The molecule has 232 valence electrons. The zero-order valence-electron chi connectivity index (χ0n) is 25.1. The van der Waals surface area contributed by atoms with E-state index in [-0.39, 0.29) is 36.7 Å². The molecule has 2 fully saturated rings. The van der Waals surface area contributed by atoms with Gasteiger partial charge in [-0.05, 0) is 66.0 Å². The molecule has 1 unspecified atom stereocenters. The molecule has 2 atom stereocenters. The Balaban J connectivity index is 1.25. The van der Waals surface area contributed by atoms with Crippen molar-refractivity contribution in [2.24, 2.45) is 11.8 Å². The van der Waals surface area contributed by atoms with Gasteiger partial charge in [0.1, 0.15) is 16.8 Å². The number of para-hydroxylation sites is 1. The summed E-state index contributed by atoms with van der Waals surface area (Å²) >= 11 is 1.33. The molecule has 0 bridgehead atoms. The highest BCUT2D eigenvalue weighted by molar-refractivity contribution is 7.12. The number of nitrogens with one attached hydrogen (secondary N) is 1. The van der Waals surface area contributed by atoms with Crippen LogP contribution in [0.3, 0.4) is 0 Å². The van der Waals surface area contributed by atoms with Gasteiger partial charge < -0.3 is 20.2 Å². The van der Waals surface area contributed by atoms with Crippen LogP contribution < -0.4 is 10.2 Å². The fourth-order valence-electron chi connectivity index (χ4n) is 7.13. The number of aromatic nitrogens is 1. The average Bonchev–Trinajstić information content (AvgIpc) is 3.51. The molecule has 1 saturated carbocycles. The minimum Gasteiger partial charge on any atom is -0.508 e. The second-order valence-electron chi connectivity index (χ2n) is 12.4. The normalized spacial score (nSPS) is 20.6. The number of fused-ring (bicyclic) bond motifs is 3. The van der Waals surface area contributed by atoms with E-state index in [1.807, 2.05) is 53.9 Å². The second kappa shape index (κ2) is 12.5. The van der Waals surface area contributed by atoms with Gasteiger partial charge >= 0.3 is 6.03 Å². The van der Waals surface area contributed by atoms with Crippen LogP contribution in [-0.2, 0) is 17.8 Å². The van der Waals surface area contributed by atoms with Crippen molar-refractivity contribution in [3.63, 3.8) is 0 Å². The van der Waals surface area contributed by atoms with E-state index in [0.29, 0.717) is 36.0 Å². The summed E-state index contributed by atoms with van der Waals surface area (Å²) in [5, 5.41) is 15.9. The molecular formula is C35H37N5O4S. The van der Waals surface area contributed by atoms with E-state index in [1.165, 1.54) is 30.6 Å². The van der Waals surface area contributed by atoms with Gasteiger partial charge in [0.2, 0.25) is 5.91 Å². The summed E-state index contributed by atoms with van der Waals surface area (Å²) in [5.74, 6) is -0.168. The molecular weight excluding hydrogens is 586 g/mol. The third-order valence-corrected chi connectivity index (χ3v) is 10.4. The number of hydrogen-bond acceptors (Lipinski definition) is 6. The SMILES string of the molecule is O=C1[C@H](Cc2ccc(O)cc2)CN2C(=O)c3sccc3N(C(=O)NCC3CCCCC3)C2CN1Cc1cccc2cccnc12. The van der Waals surface area contributed by atoms with Crippen molar-refractivity contribution in [1.82, 2.24) is 20.1 Å². The highest BCUT2D eigenvalue weighted by Crippen LogP contribution is 2.38. The molecule has 45 heavy (non-hydrogen) atoms. The van der Waals surface area contributed by atoms with Crippen molar-refractivity contribution >= 4 is 45.8 Å². The highest BCUT2D eigenvalue weighted by Gasteiger charge is 2.47. The topological polar surface area (TPSA) is 106 Å². The number of urea groups is 1. The van der Waals surface area contributed by atoms with Gasteiger partial charge in [-0.1, -0.05) is 55.7 Å². The van der Waals surface area contributed by atoms with Crippen LogP contribution in [0.25, 0.3) is 10.9 Å². The minimum atomic E-state index is -0.664. The summed E-state index contributed by atoms with van der Waals surface area (Å²) in [6.07, 6.45) is 7.32. The van der Waals surface area contributed by atoms with Crippen LogP contribution in [-0.4, -0.2) is 63.5 Å². The number of phenols is 1. The van der Waals surface area contributed by atoms with Crippen LogP contribution in [0, 0.1) is 11.8 Å². The predicted molar refractivity (Wildman–Crippen MR) is 174 cm³/mol. The highest BCUT2D eigenvalue weighted by atomic mass is 32.1. The zero-order chi connectivity index (χ0) is 30.9. The summed E-state index contributed by atoms with van der Waals surface area (Å²) < 4.78 is 0. The van der Waals surface area contributed by atoms with Crippen molar-refractivity contribution < 1.29 is 19.5 Å². The molecule has 4 aromatic rings. The van der Waals surface area contributed by atoms with Gasteiger partial charge in [-0.3, -0.25) is 19.5 Å². The number of carbonyl (C=O) groups excluding carboxylic acids is 3. The smallest absolute Gasteiger partial charge is 0.323 e. The first-order chi connectivity index (χ1) is 22.0. The lowest BCUT2D eigenvalue weighted by atomic mass is 9.89. The largest absolute Gasteiger partial charge is 0.508 e. The van der Waals surface area contributed by atoms with Gasteiger partial charge in [0.25, 0.3) is 5.91 Å². The van der Waals surface area contributed by atoms with Gasteiger partial charge in [0.05, 0.1) is 23.7 Å². The van der Waals surface area contributed by atoms with Gasteiger partial charge in [-0.25, -0.2) is 4.79 Å². The van der Waals surface area contributed by atoms with E-state index in [9.17, 15) is 19.5 Å². The number of benzene rings is 2. The lowest BCUT2D eigenvalue weighted by Gasteiger charge is -2.43. The number of hydrogen-bond donors (Lipinski definition) is 2. The van der Waals surface area contributed by atoms with Gasteiger partial charge in [0, 0.05) is 31.2 Å². The van der Waals surface area contributed by atoms with Gasteiger partial charge in [0.15, 0.2) is 0 Å². The molecule has 1 saturated heterocycles. The standard InChI is InChI=1S/C35H37N5O4S/c41-28-13-11-23(12-14-28)18-27-21-39-30(22-38(33(27)42)20-26-9-4-8-25-10-5-16-36-31(25)26)40(29-15-17-45-32(29)34(39)43)35(44)37-19-24-6-2-1-3-7-24/h4-5,8-17,24,27,30,41H,1-3,6-7,18-22H2,(H,37,44)/t27-,30?/m1/s1. The van der Waals surface area contributed by atoms with Gasteiger partial charge in [-0.15, -0.1) is 11.3 Å². The molecule has 4 amide bonds. The Bertz CT molecular complexity index is 1710. The number of nitrogens with zero attached hydrogens (tertiary/aromatic N) is 4. The molecule has 7 rings (SSSR count). The number of aromatic hydroxyl groups is 1. The Labute approximate surface area is 266 Å². The van der Waals surface area contributed by atoms with E-state index < -0.39 is 12.1 Å². The maximum absolute atomic E-state index is 14.4. The zero-order valence-corrected chi connectivity index (χ0v) is 25.9. The molecule has 0 radical (unpaired) electrons. The fourth-order valence-corrected chi connectivity index (χ4v) is 7.97. The lowest BCUT2D eigenvalue weighted by molar-refractivity contribution is -0.135. The molecule has 2 aromatic carbocycles. The van der Waals surface area contributed by atoms with Crippen LogP contribution >= 0.6 is 11.3 Å². The monoisotopic (exact) mass is 623 g/mol. The first-order valence-electron chi connectivity index (χ1n) is 15.8. The molecule has 0 spiro atoms. The van der Waals surface area contributed by atoms with Crippen LogP contribution in [0.1, 0.15) is 52.9 Å². The maximum atomic E-state index is 14.4. The maximum Gasteiger partial charge on any atom is 0.323 e. The van der Waals surface area contributed by atoms with E-state index >= 15 is 0 Å². The number of anilines is 1. The van der Waals surface area contributed by atoms with Crippen molar-refractivity contribution in [3.8, 4) is 5.75 Å². The van der Waals surface area contributed by atoms with Gasteiger partial charge in [-0.2, -0.15) is 0 Å². The number of phenolic OH excluding ortho intramolecular Hbond substituents is 1. The Morgan fingerprint density at radius 3 is 2.60 bits per heavy atom. The number of rotatable bonds is 6. The van der Waals surface area contributed by atoms with E-state index in [0.717, 1.165) is 34.9 Å². The third-order valence-electron chi connectivity index (χ3n) is 9.46. The number of carbonyl (C=O) groups is 3. The van der Waals surface area contributed by atoms with Crippen molar-refractivity contribution in [1.29, 1.82) is 0 Å². The van der Waals surface area contributed by atoms with Crippen LogP contribution in [0.4, 0.5) is 10.5 Å². The fraction of sp³-hybridized carbons (Fsp3) is 0.371. The number of amides is 4. The molecule has 2 N–H and O–H groups in total. The van der Waals surface area contributed by atoms with Crippen molar-refractivity contribution in [2.45, 2.75) is 51.2 Å². The predicted octanol–water partition coefficient (Wildman–Crippen LogP) is 5.78. The number of thiophene rings is 1. The molecule has 1 aliphatic carbocycles. The molecule has 3 aliphatic rings. The van der Waals surface area contributed by atoms with Crippen LogP contribution in [0.2, 0.25) is 0 Å². The second-order valence-corrected chi connectivity index (χ2v) is 13.3. The third kappa shape index (κ3) is 5.86. The molecule has 4 heterocycles. The Morgan fingerprint density at radius 2 is 1.78 bits per heavy atom. The summed E-state index contributed by atoms with van der Waals surface area (Å²) in [6.45, 7) is 1.25. The molecule has 9 nitrogen and oxygen atoms in total. The quantitative estimate of drug-likeness (QED) is 0.283. The Hall–Kier alpha value is -4.44. The Morgan fingerprint density at radius 1 is 0.978 bits per heavy atom. The number of pyridine rings is 1. The Kier molecular flexibility index (Phi) is 8.14. The van der Waals surface area contributed by atoms with E-state index in [4.69, 9.17) is 0 Å². The average molecular weight is 624 g/mol. The lowest BCUT2D eigenvalue weighted by Crippen LogP contribution is -2.62. The van der Waals surface area contributed by atoms with Crippen LogP contribution in [0.5, 0.6) is 5.75 Å². The van der Waals surface area contributed by atoms with Crippen molar-refractivity contribution in [3.05, 3.63) is 88.2 Å². The summed E-state index contributed by atoms with van der Waals surface area (Å²) in [7, 11) is 0. The first kappa shape index (κ1) is 29.3. The molecule has 10 heteroatoms. The molecule has 2 aromatic heterocycles. The van der Waals surface area contributed by atoms with E-state index in [2.05, 4.69) is 10.3 Å². The molecule has 2 aliphatic heterocycles. The summed E-state index contributed by atoms with van der Waals surface area (Å²) in [4.78, 5) is 52.9. The summed E-state index contributed by atoms with van der Waals surface area (Å²) in [5.41, 5.74) is 3.22. The van der Waals surface area contributed by atoms with E-state index in [1.54, 1.807) is 33.0 Å². The minimum absolute atomic E-state index is 0.0795. The van der Waals surface area contributed by atoms with Crippen LogP contribution in [0.15, 0.2) is 72.2 Å². The summed E-state index contributed by atoms with van der Waals surface area (Å²) in [6, 6.07) is 18.3. The van der Waals surface area contributed by atoms with Crippen molar-refractivity contribution in [2.75, 3.05) is 24.5 Å².